The molecule has 72 valence electrons. The molecule has 1 rings (SSSR count). The van der Waals surface area contributed by atoms with E-state index in [1.807, 2.05) is 11.8 Å². The van der Waals surface area contributed by atoms with E-state index < -0.39 is 0 Å². The summed E-state index contributed by atoms with van der Waals surface area (Å²) in [6, 6.07) is 0.761. The van der Waals surface area contributed by atoms with Crippen LogP contribution in [-0.4, -0.2) is 49.6 Å². The fraction of sp³-hybridized carbons (Fsp3) is 1.00. The largest absolute Gasteiger partial charge is 0.313 e. The third-order valence-electron chi connectivity index (χ3n) is 2.37. The second-order valence-corrected chi connectivity index (χ2v) is 4.53. The molecule has 0 spiro atoms. The molecule has 0 aromatic heterocycles. The molecule has 0 unspecified atom stereocenters. The van der Waals surface area contributed by atoms with E-state index >= 15 is 0 Å². The predicted octanol–water partition coefficient (Wildman–Crippen LogP) is 1.03. The van der Waals surface area contributed by atoms with Crippen LogP contribution in [0.1, 0.15) is 12.8 Å². The Morgan fingerprint density at radius 3 is 3.00 bits per heavy atom. The number of nitrogens with zero attached hydrogens (tertiary/aromatic N) is 1. The average molecular weight is 188 g/mol. The van der Waals surface area contributed by atoms with Gasteiger partial charge in [-0.2, -0.15) is 11.8 Å². The van der Waals surface area contributed by atoms with Gasteiger partial charge in [0.1, 0.15) is 0 Å². The maximum Gasteiger partial charge on any atom is 0.0195 e. The van der Waals surface area contributed by atoms with Gasteiger partial charge in [0.2, 0.25) is 0 Å². The minimum atomic E-state index is 0.761. The number of thioether (sulfide) groups is 1. The van der Waals surface area contributed by atoms with Crippen molar-refractivity contribution in [2.45, 2.75) is 18.9 Å². The fourth-order valence-corrected chi connectivity index (χ4v) is 2.12. The van der Waals surface area contributed by atoms with Crippen molar-refractivity contribution in [3.63, 3.8) is 0 Å². The van der Waals surface area contributed by atoms with Crippen molar-refractivity contribution in [2.24, 2.45) is 0 Å². The van der Waals surface area contributed by atoms with E-state index in [2.05, 4.69) is 23.5 Å². The van der Waals surface area contributed by atoms with Gasteiger partial charge in [-0.15, -0.1) is 0 Å². The van der Waals surface area contributed by atoms with Gasteiger partial charge in [0.25, 0.3) is 0 Å². The van der Waals surface area contributed by atoms with E-state index in [1.165, 1.54) is 38.2 Å². The molecule has 12 heavy (non-hydrogen) atoms. The lowest BCUT2D eigenvalue weighted by Crippen LogP contribution is -2.36. The quantitative estimate of drug-likeness (QED) is 0.694. The summed E-state index contributed by atoms with van der Waals surface area (Å²) in [5.41, 5.74) is 0. The van der Waals surface area contributed by atoms with Crippen LogP contribution in [0, 0.1) is 0 Å². The Morgan fingerprint density at radius 2 is 2.42 bits per heavy atom. The van der Waals surface area contributed by atoms with Crippen LogP contribution in [0.15, 0.2) is 0 Å². The van der Waals surface area contributed by atoms with Crippen molar-refractivity contribution in [1.82, 2.24) is 10.2 Å². The van der Waals surface area contributed by atoms with Crippen LogP contribution in [0.25, 0.3) is 0 Å². The van der Waals surface area contributed by atoms with E-state index in [0.717, 1.165) is 6.04 Å². The first-order chi connectivity index (χ1) is 5.83. The molecule has 0 aromatic carbocycles. The molecule has 0 amide bonds. The number of rotatable bonds is 5. The molecule has 1 aliphatic rings. The molecule has 1 fully saturated rings. The molecule has 0 bridgehead atoms. The van der Waals surface area contributed by atoms with Gasteiger partial charge in [0, 0.05) is 24.9 Å². The second-order valence-electron chi connectivity index (χ2n) is 3.55. The summed E-state index contributed by atoms with van der Waals surface area (Å²) in [5, 5.41) is 3.52. The molecule has 1 N–H and O–H groups in total. The monoisotopic (exact) mass is 188 g/mol. The first kappa shape index (κ1) is 10.4. The van der Waals surface area contributed by atoms with Crippen molar-refractivity contribution < 1.29 is 0 Å². The summed E-state index contributed by atoms with van der Waals surface area (Å²) < 4.78 is 0. The van der Waals surface area contributed by atoms with Crippen LogP contribution < -0.4 is 5.32 Å². The van der Waals surface area contributed by atoms with Gasteiger partial charge >= 0.3 is 0 Å². The molecule has 1 heterocycles. The smallest absolute Gasteiger partial charge is 0.0195 e. The lowest BCUT2D eigenvalue weighted by atomic mass is 10.2. The summed E-state index contributed by atoms with van der Waals surface area (Å²) >= 11 is 1.93. The van der Waals surface area contributed by atoms with Crippen LogP contribution in [0.4, 0.5) is 0 Å². The zero-order valence-corrected chi connectivity index (χ0v) is 8.99. The Hall–Kier alpha value is 0.270. The molecule has 1 atom stereocenters. The van der Waals surface area contributed by atoms with Gasteiger partial charge in [-0.3, -0.25) is 0 Å². The van der Waals surface area contributed by atoms with Gasteiger partial charge in [-0.05, 0) is 32.7 Å². The molecule has 3 heteroatoms. The highest BCUT2D eigenvalue weighted by molar-refractivity contribution is 7.98. The normalized spacial score (nSPS) is 23.8. The highest BCUT2D eigenvalue weighted by Crippen LogP contribution is 2.06. The van der Waals surface area contributed by atoms with Crippen LogP contribution >= 0.6 is 11.8 Å². The molecule has 0 saturated carbocycles. The number of hydrogen-bond donors (Lipinski definition) is 1. The summed E-state index contributed by atoms with van der Waals surface area (Å²) in [7, 11) is 2.22. The molecule has 0 aromatic rings. The van der Waals surface area contributed by atoms with Crippen molar-refractivity contribution in [3.8, 4) is 0 Å². The Kier molecular flexibility index (Phi) is 5.04. The zero-order valence-electron chi connectivity index (χ0n) is 8.18. The van der Waals surface area contributed by atoms with Crippen LogP contribution in [0.2, 0.25) is 0 Å². The lowest BCUT2D eigenvalue weighted by molar-refractivity contribution is 0.317. The maximum absolute atomic E-state index is 3.52. The predicted molar refractivity (Wildman–Crippen MR) is 56.9 cm³/mol. The van der Waals surface area contributed by atoms with Gasteiger partial charge < -0.3 is 10.2 Å². The Bertz CT molecular complexity index is 113. The fourth-order valence-electron chi connectivity index (χ4n) is 1.63. The van der Waals surface area contributed by atoms with Gasteiger partial charge in [-0.1, -0.05) is 0 Å². The van der Waals surface area contributed by atoms with Gasteiger partial charge in [-0.25, -0.2) is 0 Å². The standard InChI is InChI=1S/C9H20N2S/c1-11(6-7-12-2)8-9-4-3-5-10-9/h9-10H,3-8H2,1-2H3/t9-/m0/s1. The third-order valence-corrected chi connectivity index (χ3v) is 2.96. The molecule has 1 saturated heterocycles. The molecule has 0 aliphatic carbocycles. The number of nitrogens with one attached hydrogen (secondary N) is 1. The second kappa shape index (κ2) is 5.84. The van der Waals surface area contributed by atoms with E-state index in [0.29, 0.717) is 0 Å². The van der Waals surface area contributed by atoms with Gasteiger partial charge in [0.05, 0.1) is 0 Å². The summed E-state index contributed by atoms with van der Waals surface area (Å²) in [4.78, 5) is 2.43. The van der Waals surface area contributed by atoms with E-state index in [1.54, 1.807) is 0 Å². The summed E-state index contributed by atoms with van der Waals surface area (Å²) in [6.45, 7) is 3.67. The Balaban J connectivity index is 2.03. The third kappa shape index (κ3) is 3.78. The maximum atomic E-state index is 3.52. The topological polar surface area (TPSA) is 15.3 Å². The van der Waals surface area contributed by atoms with Crippen molar-refractivity contribution in [2.75, 3.05) is 38.7 Å². The molecule has 0 radical (unpaired) electrons. The summed E-state index contributed by atoms with van der Waals surface area (Å²) in [5.74, 6) is 1.25. The van der Waals surface area contributed by atoms with E-state index in [4.69, 9.17) is 0 Å². The number of hydrogen-bond acceptors (Lipinski definition) is 3. The van der Waals surface area contributed by atoms with Gasteiger partial charge in [0.15, 0.2) is 0 Å². The lowest BCUT2D eigenvalue weighted by Gasteiger charge is -2.20. The first-order valence-corrected chi connectivity index (χ1v) is 6.13. The van der Waals surface area contributed by atoms with E-state index in [-0.39, 0.29) is 0 Å². The molecular weight excluding hydrogens is 168 g/mol. The zero-order chi connectivity index (χ0) is 8.81. The Labute approximate surface area is 80.1 Å². The minimum absolute atomic E-state index is 0.761. The first-order valence-electron chi connectivity index (χ1n) is 4.74. The molecule has 1 aliphatic heterocycles. The van der Waals surface area contributed by atoms with E-state index in [9.17, 15) is 0 Å². The summed E-state index contributed by atoms with van der Waals surface area (Å²) in [6.07, 6.45) is 4.90. The molecular formula is C9H20N2S. The van der Waals surface area contributed by atoms with Crippen molar-refractivity contribution >= 4 is 11.8 Å². The highest BCUT2D eigenvalue weighted by Gasteiger charge is 2.15. The van der Waals surface area contributed by atoms with Crippen molar-refractivity contribution in [3.05, 3.63) is 0 Å². The number of likely N-dealkylation sites (N-methyl/N-ethyl adjacent to an activating group) is 1. The SMILES string of the molecule is CSCCN(C)C[C@@H]1CCCN1. The molecule has 2 nitrogen and oxygen atoms in total. The van der Waals surface area contributed by atoms with Crippen LogP contribution in [-0.2, 0) is 0 Å². The van der Waals surface area contributed by atoms with Crippen LogP contribution in [0.3, 0.4) is 0 Å². The average Bonchev–Trinajstić information content (AvgIpc) is 2.53. The Morgan fingerprint density at radius 1 is 1.58 bits per heavy atom. The highest BCUT2D eigenvalue weighted by atomic mass is 32.2. The van der Waals surface area contributed by atoms with Crippen LogP contribution in [0.5, 0.6) is 0 Å². The van der Waals surface area contributed by atoms with Crippen molar-refractivity contribution in [1.29, 1.82) is 0 Å². The minimum Gasteiger partial charge on any atom is -0.313 e.